The normalized spacial score (nSPS) is 19.1. The predicted molar refractivity (Wildman–Crippen MR) is 124 cm³/mol. The van der Waals surface area contributed by atoms with Crippen molar-refractivity contribution in [2.24, 2.45) is 5.92 Å². The summed E-state index contributed by atoms with van der Waals surface area (Å²) in [5, 5.41) is 2.74. The first-order valence-electron chi connectivity index (χ1n) is 9.92. The molecule has 0 saturated carbocycles. The van der Waals surface area contributed by atoms with Gasteiger partial charge in [0.1, 0.15) is 17.1 Å². The van der Waals surface area contributed by atoms with Gasteiger partial charge >= 0.3 is 0 Å². The van der Waals surface area contributed by atoms with Gasteiger partial charge in [0.25, 0.3) is 11.8 Å². The molecule has 4 rings (SSSR count). The monoisotopic (exact) mass is 438 g/mol. The first-order valence-corrected chi connectivity index (χ1v) is 11.5. The molecule has 0 atom stereocenters. The number of hydrogen-bond donors (Lipinski definition) is 1. The third-order valence-electron chi connectivity index (χ3n) is 5.17. The lowest BCUT2D eigenvalue weighted by Crippen LogP contribution is -2.54. The highest BCUT2D eigenvalue weighted by Gasteiger charge is 2.34. The maximum Gasteiger partial charge on any atom is 0.269 e. The molecule has 0 aliphatic carbocycles. The van der Waals surface area contributed by atoms with Gasteiger partial charge in [0.05, 0.1) is 5.69 Å². The van der Waals surface area contributed by atoms with E-state index in [1.165, 1.54) is 4.90 Å². The smallest absolute Gasteiger partial charge is 0.269 e. The Balaban J connectivity index is 1.50. The molecule has 1 N–H and O–H groups in total. The number of thioether (sulfide) groups is 1. The Morgan fingerprint density at radius 2 is 1.70 bits per heavy atom. The van der Waals surface area contributed by atoms with Crippen LogP contribution in [0.25, 0.3) is 0 Å². The van der Waals surface area contributed by atoms with Gasteiger partial charge < -0.3 is 4.74 Å². The van der Waals surface area contributed by atoms with Gasteiger partial charge in [-0.05, 0) is 85.3 Å². The molecule has 2 saturated heterocycles. The summed E-state index contributed by atoms with van der Waals surface area (Å²) in [5.74, 6) is 3.38. The van der Waals surface area contributed by atoms with Crippen LogP contribution in [0, 0.1) is 5.92 Å². The van der Waals surface area contributed by atoms with E-state index in [-0.39, 0.29) is 16.6 Å². The van der Waals surface area contributed by atoms with Gasteiger partial charge in [-0.25, -0.2) is 0 Å². The van der Waals surface area contributed by atoms with E-state index in [2.05, 4.69) is 5.32 Å². The maximum absolute atomic E-state index is 13.1. The van der Waals surface area contributed by atoms with Crippen LogP contribution in [0.1, 0.15) is 19.3 Å². The quantitative estimate of drug-likeness (QED) is 0.417. The summed E-state index contributed by atoms with van der Waals surface area (Å²) in [6, 6.07) is 16.5. The van der Waals surface area contributed by atoms with Gasteiger partial charge in [0, 0.05) is 0 Å². The van der Waals surface area contributed by atoms with Crippen molar-refractivity contribution in [2.45, 2.75) is 19.3 Å². The predicted octanol–water partition coefficient (Wildman–Crippen LogP) is 4.69. The summed E-state index contributed by atoms with van der Waals surface area (Å²) in [4.78, 5) is 26.8. The number of para-hydroxylation sites is 1. The fourth-order valence-corrected chi connectivity index (χ4v) is 4.98. The van der Waals surface area contributed by atoms with E-state index in [1.54, 1.807) is 30.3 Å². The SMILES string of the molecule is O=C1NC(=S)N(c2ccc(Oc3ccccc3)cc2)C(=O)/C1=C/CC1CCSCC1. The van der Waals surface area contributed by atoms with Crippen LogP contribution < -0.4 is 15.0 Å². The second-order valence-electron chi connectivity index (χ2n) is 7.22. The van der Waals surface area contributed by atoms with E-state index < -0.39 is 5.91 Å². The van der Waals surface area contributed by atoms with Crippen molar-refractivity contribution in [3.8, 4) is 11.5 Å². The van der Waals surface area contributed by atoms with Gasteiger partial charge in [-0.3, -0.25) is 19.8 Å². The number of thiocarbonyl (C=S) groups is 1. The number of ether oxygens (including phenoxy) is 1. The summed E-state index contributed by atoms with van der Waals surface area (Å²) >= 11 is 7.23. The molecular formula is C23H22N2O3S2. The highest BCUT2D eigenvalue weighted by atomic mass is 32.2. The van der Waals surface area contributed by atoms with E-state index >= 15 is 0 Å². The first kappa shape index (κ1) is 20.6. The Morgan fingerprint density at radius 1 is 1.03 bits per heavy atom. The lowest BCUT2D eigenvalue weighted by molar-refractivity contribution is -0.122. The Bertz CT molecular complexity index is 968. The molecule has 2 aliphatic heterocycles. The van der Waals surface area contributed by atoms with Gasteiger partial charge in [0.2, 0.25) is 0 Å². The van der Waals surface area contributed by atoms with Crippen LogP contribution in [-0.2, 0) is 9.59 Å². The van der Waals surface area contributed by atoms with E-state index in [0.717, 1.165) is 36.5 Å². The lowest BCUT2D eigenvalue weighted by atomic mass is 9.96. The lowest BCUT2D eigenvalue weighted by Gasteiger charge is -2.29. The van der Waals surface area contributed by atoms with Crippen molar-refractivity contribution in [1.82, 2.24) is 5.32 Å². The minimum Gasteiger partial charge on any atom is -0.457 e. The van der Waals surface area contributed by atoms with Crippen molar-refractivity contribution in [1.29, 1.82) is 0 Å². The molecule has 154 valence electrons. The van der Waals surface area contributed by atoms with Crippen LogP contribution >= 0.6 is 24.0 Å². The van der Waals surface area contributed by atoms with Gasteiger partial charge in [0.15, 0.2) is 5.11 Å². The molecule has 2 aromatic carbocycles. The number of rotatable bonds is 5. The number of benzene rings is 2. The van der Waals surface area contributed by atoms with E-state index in [1.807, 2.05) is 42.1 Å². The molecule has 0 radical (unpaired) electrons. The van der Waals surface area contributed by atoms with Crippen molar-refractivity contribution < 1.29 is 14.3 Å². The Labute approximate surface area is 185 Å². The molecule has 2 aliphatic rings. The fourth-order valence-electron chi connectivity index (χ4n) is 3.50. The van der Waals surface area contributed by atoms with Crippen molar-refractivity contribution in [3.63, 3.8) is 0 Å². The van der Waals surface area contributed by atoms with Crippen LogP contribution in [-0.4, -0.2) is 28.4 Å². The second kappa shape index (κ2) is 9.45. The van der Waals surface area contributed by atoms with Crippen LogP contribution in [0.2, 0.25) is 0 Å². The molecule has 2 aromatic rings. The average molecular weight is 439 g/mol. The molecule has 7 heteroatoms. The average Bonchev–Trinajstić information content (AvgIpc) is 2.76. The van der Waals surface area contributed by atoms with Crippen molar-refractivity contribution >= 4 is 46.6 Å². The Hall–Kier alpha value is -2.64. The first-order chi connectivity index (χ1) is 14.6. The number of nitrogens with one attached hydrogen (secondary N) is 1. The Morgan fingerprint density at radius 3 is 2.40 bits per heavy atom. The standard InChI is InChI=1S/C23H22N2O3S2/c26-21-20(11-6-16-12-14-30-15-13-16)22(27)25(23(29)24-21)17-7-9-19(10-8-17)28-18-4-2-1-3-5-18/h1-5,7-11,16H,6,12-15H2,(H,24,26,29)/b20-11+. The zero-order chi connectivity index (χ0) is 20.9. The third kappa shape index (κ3) is 4.74. The van der Waals surface area contributed by atoms with Crippen molar-refractivity contribution in [3.05, 3.63) is 66.2 Å². The number of anilines is 1. The summed E-state index contributed by atoms with van der Waals surface area (Å²) in [6.45, 7) is 0. The largest absolute Gasteiger partial charge is 0.457 e. The van der Waals surface area contributed by atoms with Crippen molar-refractivity contribution in [2.75, 3.05) is 16.4 Å². The fraction of sp³-hybridized carbons (Fsp3) is 0.261. The molecule has 30 heavy (non-hydrogen) atoms. The molecule has 0 aromatic heterocycles. The number of allylic oxidation sites excluding steroid dienone is 1. The maximum atomic E-state index is 13.1. The zero-order valence-corrected chi connectivity index (χ0v) is 18.0. The molecular weight excluding hydrogens is 416 g/mol. The zero-order valence-electron chi connectivity index (χ0n) is 16.4. The van der Waals surface area contributed by atoms with Gasteiger partial charge in [-0.2, -0.15) is 11.8 Å². The van der Waals surface area contributed by atoms with Crippen LogP contribution in [0.15, 0.2) is 66.2 Å². The minimum atomic E-state index is -0.421. The summed E-state index contributed by atoms with van der Waals surface area (Å²) in [6.07, 6.45) is 4.75. The molecule has 0 bridgehead atoms. The number of amides is 2. The number of carbonyl (C=O) groups is 2. The number of hydrogen-bond acceptors (Lipinski definition) is 5. The van der Waals surface area contributed by atoms with Gasteiger partial charge in [-0.1, -0.05) is 24.3 Å². The molecule has 0 spiro atoms. The highest BCUT2D eigenvalue weighted by molar-refractivity contribution is 7.99. The summed E-state index contributed by atoms with van der Waals surface area (Å²) in [5.41, 5.74) is 0.747. The molecule has 2 heterocycles. The molecule has 2 fully saturated rings. The van der Waals surface area contributed by atoms with E-state index in [4.69, 9.17) is 17.0 Å². The second-order valence-corrected chi connectivity index (χ2v) is 8.83. The molecule has 2 amide bonds. The highest BCUT2D eigenvalue weighted by Crippen LogP contribution is 2.28. The summed E-state index contributed by atoms with van der Waals surface area (Å²) < 4.78 is 5.80. The number of nitrogens with zero attached hydrogens (tertiary/aromatic N) is 1. The van der Waals surface area contributed by atoms with Crippen LogP contribution in [0.4, 0.5) is 5.69 Å². The minimum absolute atomic E-state index is 0.0907. The Kier molecular flexibility index (Phi) is 6.50. The van der Waals surface area contributed by atoms with Crippen LogP contribution in [0.5, 0.6) is 11.5 Å². The van der Waals surface area contributed by atoms with E-state index in [0.29, 0.717) is 17.4 Å². The van der Waals surface area contributed by atoms with E-state index in [9.17, 15) is 9.59 Å². The summed E-state index contributed by atoms with van der Waals surface area (Å²) in [7, 11) is 0. The molecule has 5 nitrogen and oxygen atoms in total. The third-order valence-corrected chi connectivity index (χ3v) is 6.51. The topological polar surface area (TPSA) is 58.6 Å². The van der Waals surface area contributed by atoms with Gasteiger partial charge in [-0.15, -0.1) is 0 Å². The van der Waals surface area contributed by atoms with Crippen LogP contribution in [0.3, 0.4) is 0 Å². The number of carbonyl (C=O) groups excluding carboxylic acids is 2. The molecule has 0 unspecified atom stereocenters.